The molecule has 0 saturated heterocycles. The summed E-state index contributed by atoms with van der Waals surface area (Å²) in [6, 6.07) is 22.6. The van der Waals surface area contributed by atoms with Crippen LogP contribution in [0.4, 0.5) is 31.4 Å². The molecule has 396 valence electrons. The number of anilines is 3. The van der Waals surface area contributed by atoms with Gasteiger partial charge in [-0.1, -0.05) is 60.7 Å². The lowest BCUT2D eigenvalue weighted by Gasteiger charge is -2.69. The van der Waals surface area contributed by atoms with Crippen molar-refractivity contribution < 1.29 is 57.1 Å². The number of hydrogen-bond donors (Lipinski definition) is 6. The first-order valence-corrected chi connectivity index (χ1v) is 27.0. The van der Waals surface area contributed by atoms with E-state index in [1.807, 2.05) is 30.3 Å². The van der Waals surface area contributed by atoms with E-state index in [-0.39, 0.29) is 79.7 Å². The second-order valence-electron chi connectivity index (χ2n) is 19.9. The van der Waals surface area contributed by atoms with Crippen molar-refractivity contribution in [3.8, 4) is 11.5 Å². The molecule has 0 radical (unpaired) electrons. The number of urea groups is 1. The van der Waals surface area contributed by atoms with Gasteiger partial charge in [0.25, 0.3) is 0 Å². The molecule has 0 spiro atoms. The van der Waals surface area contributed by atoms with Crippen molar-refractivity contribution in [1.29, 1.82) is 0 Å². The molecule has 2 aliphatic heterocycles. The second-order valence-corrected chi connectivity index (χ2v) is 21.6. The Balaban J connectivity index is 0.832. The van der Waals surface area contributed by atoms with E-state index in [0.29, 0.717) is 77.4 Å². The lowest BCUT2D eigenvalue weighted by molar-refractivity contribution is -0.205. The minimum absolute atomic E-state index is 0.0536. The van der Waals surface area contributed by atoms with E-state index in [0.717, 1.165) is 16.5 Å². The molecule has 5 aromatic carbocycles. The van der Waals surface area contributed by atoms with Gasteiger partial charge in [0.15, 0.2) is 0 Å². The molecule has 2 heterocycles. The molecular weight excluding hydrogens is 1030 g/mol. The van der Waals surface area contributed by atoms with Gasteiger partial charge < -0.3 is 55.7 Å². The molecule has 3 atom stereocenters. The number of fused-ring (bicyclic) bond motifs is 6. The number of nitrogens with two attached hydrogens (primary N) is 2. The van der Waals surface area contributed by atoms with Crippen molar-refractivity contribution in [2.24, 2.45) is 22.3 Å². The molecule has 8 N–H and O–H groups in total. The van der Waals surface area contributed by atoms with Crippen LogP contribution >= 0.6 is 31.0 Å². The van der Waals surface area contributed by atoms with Gasteiger partial charge in [-0.2, -0.15) is 0 Å². The van der Waals surface area contributed by atoms with E-state index in [1.54, 1.807) is 58.3 Å². The molecule has 7 amide bonds. The summed E-state index contributed by atoms with van der Waals surface area (Å²) in [7, 11) is -1.89. The lowest BCUT2D eigenvalue weighted by atomic mass is 9.34. The Bertz CT molecular complexity index is 3140. The van der Waals surface area contributed by atoms with Gasteiger partial charge in [0.1, 0.15) is 24.1 Å². The molecule has 0 aromatic heterocycles. The van der Waals surface area contributed by atoms with Gasteiger partial charge >= 0.3 is 26.0 Å². The smallest absolute Gasteiger partial charge is 0.445 e. The number of alkyl halides is 2. The maximum absolute atomic E-state index is 14.8. The standard InChI is InChI=1S/C52H57Cl2N8O12P/c1-59(49(67)72-26-30-13-15-33(16-14-30)57-45(63)38(12-7-17-55)58-48(56)66)18-19-60(2)50(68)73-41-20-39-43(36-10-5-3-8-34(36)41)31(22-53)24-61(39)46(64)51-27-52(28-51,29-51)47(65)62-25-32(23-54)44-37-11-6-4-9-35(37)42(21-40(44)62)74-75(69,70)71/h3-6,8-11,13-16,20-21,31-32,38H,7,12,17-19,22-29,55H2,1-2H3,(H,57,63)(H3,56,58,66)(H2,69,70,71)/t31-,32-,38?,51?,52?/m1/s1. The average molecular weight is 1090 g/mol. The van der Waals surface area contributed by atoms with E-state index in [2.05, 4.69) is 10.6 Å². The number of hydrogen-bond acceptors (Lipinski definition) is 11. The zero-order valence-electron chi connectivity index (χ0n) is 41.1. The summed E-state index contributed by atoms with van der Waals surface area (Å²) < 4.78 is 28.7. The minimum atomic E-state index is -4.96. The van der Waals surface area contributed by atoms with Crippen LogP contribution in [-0.2, 0) is 30.3 Å². The highest BCUT2D eigenvalue weighted by Gasteiger charge is 2.76. The summed E-state index contributed by atoms with van der Waals surface area (Å²) in [6.45, 7) is 0.984. The highest BCUT2D eigenvalue weighted by molar-refractivity contribution is 7.46. The number of nitrogens with one attached hydrogen (secondary N) is 2. The number of phosphoric acid groups is 1. The third-order valence-corrected chi connectivity index (χ3v) is 16.0. The summed E-state index contributed by atoms with van der Waals surface area (Å²) in [6.07, 6.45) is 0.383. The summed E-state index contributed by atoms with van der Waals surface area (Å²) >= 11 is 13.1. The fourth-order valence-electron chi connectivity index (χ4n) is 11.2. The Hall–Kier alpha value is -6.67. The maximum atomic E-state index is 14.8. The number of likely N-dealkylation sites (N-methyl/N-ethyl adjacent to an activating group) is 2. The fraction of sp³-hybridized carbons (Fsp3) is 0.385. The Kier molecular flexibility index (Phi) is 15.0. The van der Waals surface area contributed by atoms with Crippen molar-refractivity contribution >= 4 is 106 Å². The monoisotopic (exact) mass is 1090 g/mol. The normalized spacial score (nSPS) is 20.5. The SMILES string of the molecule is CN(CCN(C)C(=O)Oc1cc2c(c3ccccc13)[C@H](CCl)CN2C(=O)C12CC(C(=O)N3C[C@@H](CCl)c4c3cc(OP(=O)(O)O)c3ccccc43)(C1)C2)C(=O)OCc1ccc(NC(=O)C(CCCN)NC(N)=O)cc1. The summed E-state index contributed by atoms with van der Waals surface area (Å²) in [4.78, 5) is 106. The molecule has 3 saturated carbocycles. The molecule has 2 bridgehead atoms. The van der Waals surface area contributed by atoms with Gasteiger partial charge in [0.05, 0.1) is 22.2 Å². The van der Waals surface area contributed by atoms with E-state index < -0.39 is 48.8 Å². The van der Waals surface area contributed by atoms with Crippen LogP contribution in [0.25, 0.3) is 21.5 Å². The number of nitrogens with zero attached hydrogens (tertiary/aromatic N) is 4. The van der Waals surface area contributed by atoms with Gasteiger partial charge in [0.2, 0.25) is 17.7 Å². The summed E-state index contributed by atoms with van der Waals surface area (Å²) in [5.74, 6) is -0.698. The van der Waals surface area contributed by atoms with Crippen molar-refractivity contribution in [2.75, 3.05) is 73.7 Å². The third kappa shape index (κ3) is 10.4. The third-order valence-electron chi connectivity index (χ3n) is 14.8. The van der Waals surface area contributed by atoms with Crippen LogP contribution in [-0.4, -0.2) is 120 Å². The van der Waals surface area contributed by atoms with Crippen molar-refractivity contribution in [3.05, 3.63) is 102 Å². The van der Waals surface area contributed by atoms with E-state index in [1.165, 1.54) is 30.0 Å². The van der Waals surface area contributed by atoms with Gasteiger partial charge in [0, 0.05) is 92.5 Å². The van der Waals surface area contributed by atoms with E-state index >= 15 is 0 Å². The van der Waals surface area contributed by atoms with Crippen LogP contribution in [0.2, 0.25) is 0 Å². The zero-order chi connectivity index (χ0) is 53.6. The Labute approximate surface area is 441 Å². The number of halogens is 2. The Morgan fingerprint density at radius 1 is 0.760 bits per heavy atom. The van der Waals surface area contributed by atoms with Gasteiger partial charge in [-0.3, -0.25) is 24.2 Å². The van der Waals surface area contributed by atoms with Crippen LogP contribution < -0.4 is 41.2 Å². The second kappa shape index (κ2) is 21.2. The van der Waals surface area contributed by atoms with Crippen LogP contribution in [0.5, 0.6) is 11.5 Å². The first-order chi connectivity index (χ1) is 35.8. The Morgan fingerprint density at radius 2 is 1.25 bits per heavy atom. The largest absolute Gasteiger partial charge is 0.524 e. The molecular formula is C52H57Cl2N8O12P. The molecule has 3 fully saturated rings. The molecule has 3 aliphatic carbocycles. The molecule has 75 heavy (non-hydrogen) atoms. The van der Waals surface area contributed by atoms with E-state index in [4.69, 9.17) is 48.7 Å². The number of rotatable bonds is 18. The summed E-state index contributed by atoms with van der Waals surface area (Å²) in [5, 5.41) is 7.71. The van der Waals surface area contributed by atoms with Crippen LogP contribution in [0.3, 0.4) is 0 Å². The van der Waals surface area contributed by atoms with Crippen molar-refractivity contribution in [3.63, 3.8) is 0 Å². The van der Waals surface area contributed by atoms with Gasteiger partial charge in [-0.15, -0.1) is 23.2 Å². The number of ether oxygens (including phenoxy) is 2. The number of phosphoric ester groups is 1. The quantitative estimate of drug-likeness (QED) is 0.0378. The van der Waals surface area contributed by atoms with Gasteiger partial charge in [-0.25, -0.2) is 18.9 Å². The van der Waals surface area contributed by atoms with Crippen molar-refractivity contribution in [1.82, 2.24) is 15.1 Å². The zero-order valence-corrected chi connectivity index (χ0v) is 43.5. The number of amides is 7. The van der Waals surface area contributed by atoms with Crippen LogP contribution in [0.15, 0.2) is 84.9 Å². The molecule has 20 nitrogen and oxygen atoms in total. The minimum Gasteiger partial charge on any atom is -0.445 e. The lowest BCUT2D eigenvalue weighted by Crippen LogP contribution is -2.73. The summed E-state index contributed by atoms with van der Waals surface area (Å²) in [5.41, 5.74) is 12.9. The molecule has 23 heteroatoms. The number of carbonyl (C=O) groups is 6. The Morgan fingerprint density at radius 3 is 1.75 bits per heavy atom. The van der Waals surface area contributed by atoms with E-state index in [9.17, 15) is 43.1 Å². The van der Waals surface area contributed by atoms with Crippen LogP contribution in [0, 0.1) is 10.8 Å². The number of benzene rings is 5. The number of carbonyl (C=O) groups excluding carboxylic acids is 6. The fourth-order valence-corrected chi connectivity index (χ4v) is 12.1. The highest BCUT2D eigenvalue weighted by Crippen LogP contribution is 2.75. The predicted octanol–water partition coefficient (Wildman–Crippen LogP) is 7.09. The average Bonchev–Trinajstić information content (AvgIpc) is 3.93. The first kappa shape index (κ1) is 53.2. The molecule has 10 rings (SSSR count). The number of primary amides is 1. The molecule has 1 unspecified atom stereocenters. The van der Waals surface area contributed by atoms with Crippen molar-refractivity contribution in [2.45, 2.75) is 56.6 Å². The van der Waals surface area contributed by atoms with Crippen LogP contribution in [0.1, 0.15) is 60.6 Å². The van der Waals surface area contributed by atoms with Gasteiger partial charge in [-0.05, 0) is 78.2 Å². The maximum Gasteiger partial charge on any atom is 0.524 e. The predicted molar refractivity (Wildman–Crippen MR) is 282 cm³/mol. The highest BCUT2D eigenvalue weighted by atomic mass is 35.5. The topological polar surface area (TPSA) is 277 Å². The molecule has 5 aromatic rings. The molecule has 5 aliphatic rings. The first-order valence-electron chi connectivity index (χ1n) is 24.4.